The standard InChI is InChI=1S/C16H26N4O/c1-4-9-17-12-14-16(19(3)11-8-13(2)21)18-15-7-5-6-10-20(14)15/h5-7,10,13,17,21H,4,8-9,11-12H2,1-3H3. The first kappa shape index (κ1) is 15.8. The Morgan fingerprint density at radius 1 is 1.43 bits per heavy atom. The number of hydrogen-bond acceptors (Lipinski definition) is 4. The largest absolute Gasteiger partial charge is 0.393 e. The molecule has 0 aliphatic heterocycles. The van der Waals surface area contributed by atoms with Gasteiger partial charge in [0.05, 0.1) is 11.8 Å². The quantitative estimate of drug-likeness (QED) is 0.731. The Labute approximate surface area is 126 Å². The van der Waals surface area contributed by atoms with Gasteiger partial charge >= 0.3 is 0 Å². The highest BCUT2D eigenvalue weighted by molar-refractivity contribution is 5.55. The Morgan fingerprint density at radius 3 is 2.95 bits per heavy atom. The van der Waals surface area contributed by atoms with E-state index in [2.05, 4.69) is 27.7 Å². The molecule has 0 radical (unpaired) electrons. The zero-order valence-corrected chi connectivity index (χ0v) is 13.2. The molecule has 0 saturated heterocycles. The molecule has 0 aliphatic carbocycles. The minimum atomic E-state index is -0.286. The summed E-state index contributed by atoms with van der Waals surface area (Å²) in [5.41, 5.74) is 2.14. The van der Waals surface area contributed by atoms with E-state index in [1.807, 2.05) is 32.2 Å². The van der Waals surface area contributed by atoms with Gasteiger partial charge in [-0.15, -0.1) is 0 Å². The van der Waals surface area contributed by atoms with E-state index in [1.54, 1.807) is 0 Å². The van der Waals surface area contributed by atoms with Crippen molar-refractivity contribution >= 4 is 11.5 Å². The molecule has 1 unspecified atom stereocenters. The van der Waals surface area contributed by atoms with Crippen molar-refractivity contribution < 1.29 is 5.11 Å². The molecule has 2 aromatic heterocycles. The highest BCUT2D eigenvalue weighted by atomic mass is 16.3. The Morgan fingerprint density at radius 2 is 2.24 bits per heavy atom. The summed E-state index contributed by atoms with van der Waals surface area (Å²) in [5.74, 6) is 0.991. The van der Waals surface area contributed by atoms with E-state index in [1.165, 1.54) is 5.69 Å². The first-order chi connectivity index (χ1) is 10.1. The highest BCUT2D eigenvalue weighted by Gasteiger charge is 2.15. The Balaban J connectivity index is 2.25. The van der Waals surface area contributed by atoms with Gasteiger partial charge in [0.25, 0.3) is 0 Å². The topological polar surface area (TPSA) is 52.8 Å². The predicted molar refractivity (Wildman–Crippen MR) is 86.8 cm³/mol. The average molecular weight is 290 g/mol. The lowest BCUT2D eigenvalue weighted by molar-refractivity contribution is 0.187. The van der Waals surface area contributed by atoms with Crippen molar-refractivity contribution in [2.24, 2.45) is 0 Å². The number of aliphatic hydroxyl groups is 1. The molecule has 0 aliphatic rings. The Bertz CT molecular complexity index is 564. The maximum atomic E-state index is 9.47. The Kier molecular flexibility index (Phi) is 5.59. The number of aromatic nitrogens is 2. The van der Waals surface area contributed by atoms with E-state index >= 15 is 0 Å². The first-order valence-corrected chi connectivity index (χ1v) is 7.69. The summed E-state index contributed by atoms with van der Waals surface area (Å²) in [6, 6.07) is 6.05. The van der Waals surface area contributed by atoms with Gasteiger partial charge in [-0.05, 0) is 38.4 Å². The zero-order chi connectivity index (χ0) is 15.2. The molecule has 0 bridgehead atoms. The second-order valence-electron chi connectivity index (χ2n) is 5.55. The molecule has 2 aromatic rings. The van der Waals surface area contributed by atoms with Crippen molar-refractivity contribution in [2.45, 2.75) is 39.3 Å². The fraction of sp³-hybridized carbons (Fsp3) is 0.562. The highest BCUT2D eigenvalue weighted by Crippen LogP contribution is 2.21. The van der Waals surface area contributed by atoms with E-state index in [4.69, 9.17) is 4.98 Å². The van der Waals surface area contributed by atoms with Crippen molar-refractivity contribution in [3.63, 3.8) is 0 Å². The van der Waals surface area contributed by atoms with Crippen molar-refractivity contribution in [1.29, 1.82) is 0 Å². The fourth-order valence-electron chi connectivity index (χ4n) is 2.37. The number of nitrogens with one attached hydrogen (secondary N) is 1. The van der Waals surface area contributed by atoms with Crippen LogP contribution in [-0.4, -0.2) is 40.7 Å². The van der Waals surface area contributed by atoms with Gasteiger partial charge in [-0.3, -0.25) is 0 Å². The predicted octanol–water partition coefficient (Wildman–Crippen LogP) is 2.04. The SMILES string of the molecule is CCCNCc1c(N(C)CCC(C)O)nc2ccccn12. The second kappa shape index (κ2) is 7.43. The molecule has 0 aromatic carbocycles. The fourth-order valence-corrected chi connectivity index (χ4v) is 2.37. The lowest BCUT2D eigenvalue weighted by atomic mass is 10.2. The molecule has 21 heavy (non-hydrogen) atoms. The number of imidazole rings is 1. The molecule has 0 amide bonds. The maximum Gasteiger partial charge on any atom is 0.152 e. The second-order valence-corrected chi connectivity index (χ2v) is 5.55. The van der Waals surface area contributed by atoms with Gasteiger partial charge in [-0.1, -0.05) is 13.0 Å². The van der Waals surface area contributed by atoms with Crippen LogP contribution in [0.15, 0.2) is 24.4 Å². The average Bonchev–Trinajstić information content (AvgIpc) is 2.84. The first-order valence-electron chi connectivity index (χ1n) is 7.69. The van der Waals surface area contributed by atoms with E-state index in [-0.39, 0.29) is 6.10 Å². The van der Waals surface area contributed by atoms with E-state index in [9.17, 15) is 5.11 Å². The third kappa shape index (κ3) is 3.95. The number of aliphatic hydroxyl groups excluding tert-OH is 1. The summed E-state index contributed by atoms with van der Waals surface area (Å²) < 4.78 is 2.14. The van der Waals surface area contributed by atoms with Crippen LogP contribution in [0.5, 0.6) is 0 Å². The van der Waals surface area contributed by atoms with Gasteiger partial charge in [-0.2, -0.15) is 0 Å². The lowest BCUT2D eigenvalue weighted by Crippen LogP contribution is -2.25. The van der Waals surface area contributed by atoms with Gasteiger partial charge in [0.2, 0.25) is 0 Å². The molecular formula is C16H26N4O. The summed E-state index contributed by atoms with van der Waals surface area (Å²) in [5, 5.41) is 12.9. The van der Waals surface area contributed by atoms with Crippen LogP contribution in [0.25, 0.3) is 5.65 Å². The van der Waals surface area contributed by atoms with Crippen LogP contribution in [-0.2, 0) is 6.54 Å². The summed E-state index contributed by atoms with van der Waals surface area (Å²) >= 11 is 0. The number of anilines is 1. The smallest absolute Gasteiger partial charge is 0.152 e. The summed E-state index contributed by atoms with van der Waals surface area (Å²) in [6.45, 7) is 6.57. The van der Waals surface area contributed by atoms with Crippen LogP contribution >= 0.6 is 0 Å². The van der Waals surface area contributed by atoms with Gasteiger partial charge in [0.1, 0.15) is 5.65 Å². The van der Waals surface area contributed by atoms with Crippen LogP contribution in [0.1, 0.15) is 32.4 Å². The van der Waals surface area contributed by atoms with Crippen molar-refractivity contribution in [3.8, 4) is 0 Å². The van der Waals surface area contributed by atoms with Gasteiger partial charge < -0.3 is 19.7 Å². The molecule has 2 N–H and O–H groups in total. The van der Waals surface area contributed by atoms with E-state index in [0.29, 0.717) is 0 Å². The molecule has 116 valence electrons. The third-order valence-electron chi connectivity index (χ3n) is 3.57. The minimum absolute atomic E-state index is 0.286. The summed E-state index contributed by atoms with van der Waals surface area (Å²) in [7, 11) is 2.04. The van der Waals surface area contributed by atoms with E-state index < -0.39 is 0 Å². The Hall–Kier alpha value is -1.59. The summed E-state index contributed by atoms with van der Waals surface area (Å²) in [4.78, 5) is 6.86. The molecule has 0 spiro atoms. The van der Waals surface area contributed by atoms with Crippen LogP contribution in [0, 0.1) is 0 Å². The number of nitrogens with zero attached hydrogens (tertiary/aromatic N) is 3. The molecule has 0 fully saturated rings. The third-order valence-corrected chi connectivity index (χ3v) is 3.57. The number of pyridine rings is 1. The van der Waals surface area contributed by atoms with Crippen molar-refractivity contribution in [3.05, 3.63) is 30.1 Å². The molecule has 2 heterocycles. The molecule has 0 saturated carbocycles. The van der Waals surface area contributed by atoms with Crippen molar-refractivity contribution in [2.75, 3.05) is 25.0 Å². The van der Waals surface area contributed by atoms with Crippen LogP contribution < -0.4 is 10.2 Å². The maximum absolute atomic E-state index is 9.47. The normalized spacial score (nSPS) is 12.8. The van der Waals surface area contributed by atoms with Gasteiger partial charge in [0.15, 0.2) is 5.82 Å². The molecule has 2 rings (SSSR count). The number of hydrogen-bond donors (Lipinski definition) is 2. The van der Waals surface area contributed by atoms with Crippen LogP contribution in [0.3, 0.4) is 0 Å². The molecule has 5 nitrogen and oxygen atoms in total. The van der Waals surface area contributed by atoms with E-state index in [0.717, 1.165) is 43.9 Å². The van der Waals surface area contributed by atoms with Crippen LogP contribution in [0.2, 0.25) is 0 Å². The molecule has 1 atom stereocenters. The number of fused-ring (bicyclic) bond motifs is 1. The molecular weight excluding hydrogens is 264 g/mol. The molecule has 5 heteroatoms. The van der Waals surface area contributed by atoms with Crippen LogP contribution in [0.4, 0.5) is 5.82 Å². The van der Waals surface area contributed by atoms with Gasteiger partial charge in [-0.25, -0.2) is 4.98 Å². The minimum Gasteiger partial charge on any atom is -0.393 e. The summed E-state index contributed by atoms with van der Waals surface area (Å²) in [6.07, 6.45) is 3.62. The lowest BCUT2D eigenvalue weighted by Gasteiger charge is -2.19. The van der Waals surface area contributed by atoms with Crippen molar-refractivity contribution in [1.82, 2.24) is 14.7 Å². The number of rotatable bonds is 8. The van der Waals surface area contributed by atoms with Gasteiger partial charge in [0, 0.05) is 26.3 Å². The zero-order valence-electron chi connectivity index (χ0n) is 13.2. The monoisotopic (exact) mass is 290 g/mol.